The fourth-order valence-corrected chi connectivity index (χ4v) is 1.99. The Morgan fingerprint density at radius 2 is 2.00 bits per heavy atom. The standard InChI is InChI=1S/C17H20N2O3/c1-12-6-7-15(16(10-12)21-2)22-9-8-17(20)19-14-5-3-4-13(18)11-14/h3-7,10-11H,8-9,18H2,1-2H3,(H,19,20). The van der Waals surface area contributed by atoms with Gasteiger partial charge in [0, 0.05) is 11.4 Å². The van der Waals surface area contributed by atoms with E-state index >= 15 is 0 Å². The molecule has 0 fully saturated rings. The quantitative estimate of drug-likeness (QED) is 0.804. The Morgan fingerprint density at radius 3 is 2.73 bits per heavy atom. The van der Waals surface area contributed by atoms with E-state index in [1.165, 1.54) is 0 Å². The van der Waals surface area contributed by atoms with Crippen LogP contribution in [0, 0.1) is 6.92 Å². The fourth-order valence-electron chi connectivity index (χ4n) is 1.99. The molecule has 22 heavy (non-hydrogen) atoms. The van der Waals surface area contributed by atoms with E-state index in [1.54, 1.807) is 31.4 Å². The average Bonchev–Trinajstić information content (AvgIpc) is 2.48. The number of rotatable bonds is 6. The molecule has 5 nitrogen and oxygen atoms in total. The summed E-state index contributed by atoms with van der Waals surface area (Å²) in [7, 11) is 1.59. The number of nitrogen functional groups attached to an aromatic ring is 1. The second-order valence-electron chi connectivity index (χ2n) is 4.93. The summed E-state index contributed by atoms with van der Waals surface area (Å²) in [4.78, 5) is 11.9. The lowest BCUT2D eigenvalue weighted by atomic mass is 10.2. The molecule has 5 heteroatoms. The molecule has 1 amide bonds. The van der Waals surface area contributed by atoms with Crippen LogP contribution in [0.3, 0.4) is 0 Å². The van der Waals surface area contributed by atoms with Gasteiger partial charge in [0.15, 0.2) is 11.5 Å². The SMILES string of the molecule is COc1cc(C)ccc1OCCC(=O)Nc1cccc(N)c1. The summed E-state index contributed by atoms with van der Waals surface area (Å²) in [5, 5.41) is 2.78. The molecule has 0 radical (unpaired) electrons. The number of hydrogen-bond donors (Lipinski definition) is 2. The van der Waals surface area contributed by atoms with Gasteiger partial charge in [0.05, 0.1) is 20.1 Å². The highest BCUT2D eigenvalue weighted by Gasteiger charge is 2.07. The molecule has 2 aromatic carbocycles. The van der Waals surface area contributed by atoms with Crippen molar-refractivity contribution >= 4 is 17.3 Å². The third-order valence-corrected chi connectivity index (χ3v) is 3.08. The summed E-state index contributed by atoms with van der Waals surface area (Å²) in [6, 6.07) is 12.7. The predicted octanol–water partition coefficient (Wildman–Crippen LogP) is 2.99. The molecule has 0 aliphatic rings. The number of hydrogen-bond acceptors (Lipinski definition) is 4. The van der Waals surface area contributed by atoms with Crippen molar-refractivity contribution in [3.05, 3.63) is 48.0 Å². The van der Waals surface area contributed by atoms with Gasteiger partial charge in [-0.1, -0.05) is 12.1 Å². The van der Waals surface area contributed by atoms with Crippen LogP contribution in [-0.2, 0) is 4.79 Å². The van der Waals surface area contributed by atoms with Gasteiger partial charge in [-0.2, -0.15) is 0 Å². The van der Waals surface area contributed by atoms with Crippen LogP contribution in [0.4, 0.5) is 11.4 Å². The van der Waals surface area contributed by atoms with Gasteiger partial charge in [0.25, 0.3) is 0 Å². The first-order chi connectivity index (χ1) is 10.6. The smallest absolute Gasteiger partial charge is 0.227 e. The maximum absolute atomic E-state index is 11.9. The van der Waals surface area contributed by atoms with Crippen LogP contribution in [-0.4, -0.2) is 19.6 Å². The van der Waals surface area contributed by atoms with Crippen molar-refractivity contribution in [2.45, 2.75) is 13.3 Å². The summed E-state index contributed by atoms with van der Waals surface area (Å²) in [6.45, 7) is 2.25. The maximum atomic E-state index is 11.9. The second-order valence-corrected chi connectivity index (χ2v) is 4.93. The van der Waals surface area contributed by atoms with Gasteiger partial charge >= 0.3 is 0 Å². The summed E-state index contributed by atoms with van der Waals surface area (Å²) in [6.07, 6.45) is 0.242. The van der Waals surface area contributed by atoms with E-state index in [1.807, 2.05) is 25.1 Å². The average molecular weight is 300 g/mol. The van der Waals surface area contributed by atoms with Gasteiger partial charge in [-0.15, -0.1) is 0 Å². The van der Waals surface area contributed by atoms with Crippen LogP contribution in [0.1, 0.15) is 12.0 Å². The minimum atomic E-state index is -0.128. The highest BCUT2D eigenvalue weighted by Crippen LogP contribution is 2.27. The maximum Gasteiger partial charge on any atom is 0.227 e. The molecule has 0 bridgehead atoms. The highest BCUT2D eigenvalue weighted by molar-refractivity contribution is 5.91. The molecule has 0 saturated heterocycles. The van der Waals surface area contributed by atoms with Crippen molar-refractivity contribution in [1.82, 2.24) is 0 Å². The number of carbonyl (C=O) groups is 1. The lowest BCUT2D eigenvalue weighted by molar-refractivity contribution is -0.116. The number of methoxy groups -OCH3 is 1. The number of nitrogens with two attached hydrogens (primary N) is 1. The van der Waals surface area contributed by atoms with E-state index in [2.05, 4.69) is 5.32 Å². The highest BCUT2D eigenvalue weighted by atomic mass is 16.5. The molecule has 116 valence electrons. The van der Waals surface area contributed by atoms with Crippen molar-refractivity contribution in [3.63, 3.8) is 0 Å². The van der Waals surface area contributed by atoms with Gasteiger partial charge in [0.2, 0.25) is 5.91 Å². The van der Waals surface area contributed by atoms with Crippen molar-refractivity contribution < 1.29 is 14.3 Å². The molecule has 2 rings (SSSR count). The molecule has 0 heterocycles. The summed E-state index contributed by atoms with van der Waals surface area (Å²) in [5.41, 5.74) is 8.04. The Hall–Kier alpha value is -2.69. The normalized spacial score (nSPS) is 10.1. The van der Waals surface area contributed by atoms with Gasteiger partial charge in [-0.25, -0.2) is 0 Å². The van der Waals surface area contributed by atoms with E-state index < -0.39 is 0 Å². The summed E-state index contributed by atoms with van der Waals surface area (Å²) in [5.74, 6) is 1.16. The second kappa shape index (κ2) is 7.36. The number of aryl methyl sites for hydroxylation is 1. The van der Waals surface area contributed by atoms with E-state index in [4.69, 9.17) is 15.2 Å². The molecule has 0 saturated carbocycles. The number of nitrogens with one attached hydrogen (secondary N) is 1. The number of benzene rings is 2. The molecule has 0 aromatic heterocycles. The Labute approximate surface area is 130 Å². The van der Waals surface area contributed by atoms with Gasteiger partial charge < -0.3 is 20.5 Å². The zero-order valence-electron chi connectivity index (χ0n) is 12.8. The lowest BCUT2D eigenvalue weighted by Gasteiger charge is -2.11. The third kappa shape index (κ3) is 4.41. The monoisotopic (exact) mass is 300 g/mol. The van der Waals surface area contributed by atoms with E-state index in [9.17, 15) is 4.79 Å². The molecule has 0 aliphatic heterocycles. The van der Waals surface area contributed by atoms with Crippen molar-refractivity contribution in [2.24, 2.45) is 0 Å². The lowest BCUT2D eigenvalue weighted by Crippen LogP contribution is -2.15. The minimum absolute atomic E-state index is 0.128. The molecule has 0 atom stereocenters. The molecule has 3 N–H and O–H groups in total. The largest absolute Gasteiger partial charge is 0.493 e. The first-order valence-electron chi connectivity index (χ1n) is 7.01. The molecular formula is C17H20N2O3. The van der Waals surface area contributed by atoms with Crippen molar-refractivity contribution in [3.8, 4) is 11.5 Å². The van der Waals surface area contributed by atoms with Crippen molar-refractivity contribution in [1.29, 1.82) is 0 Å². The minimum Gasteiger partial charge on any atom is -0.493 e. The van der Waals surface area contributed by atoms with Crippen LogP contribution in [0.15, 0.2) is 42.5 Å². The molecular weight excluding hydrogens is 280 g/mol. The first kappa shape index (κ1) is 15.7. The summed E-state index contributed by atoms with van der Waals surface area (Å²) >= 11 is 0. The third-order valence-electron chi connectivity index (χ3n) is 3.08. The van der Waals surface area contributed by atoms with Crippen LogP contribution in [0.5, 0.6) is 11.5 Å². The number of anilines is 2. The topological polar surface area (TPSA) is 73.6 Å². The van der Waals surface area contributed by atoms with Crippen molar-refractivity contribution in [2.75, 3.05) is 24.8 Å². The van der Waals surface area contributed by atoms with Crippen LogP contribution in [0.2, 0.25) is 0 Å². The number of ether oxygens (including phenoxy) is 2. The molecule has 0 unspecified atom stereocenters. The Kier molecular flexibility index (Phi) is 5.25. The Balaban J connectivity index is 1.84. The molecule has 2 aromatic rings. The van der Waals surface area contributed by atoms with E-state index in [0.717, 1.165) is 5.56 Å². The molecule has 0 spiro atoms. The van der Waals surface area contributed by atoms with Gasteiger partial charge in [-0.3, -0.25) is 4.79 Å². The predicted molar refractivity (Wildman–Crippen MR) is 87.3 cm³/mol. The summed E-state index contributed by atoms with van der Waals surface area (Å²) < 4.78 is 10.9. The van der Waals surface area contributed by atoms with Crippen LogP contribution >= 0.6 is 0 Å². The zero-order chi connectivity index (χ0) is 15.9. The first-order valence-corrected chi connectivity index (χ1v) is 7.01. The van der Waals surface area contributed by atoms with Crippen LogP contribution < -0.4 is 20.5 Å². The molecule has 0 aliphatic carbocycles. The Bertz CT molecular complexity index is 656. The zero-order valence-corrected chi connectivity index (χ0v) is 12.8. The van der Waals surface area contributed by atoms with Crippen LogP contribution in [0.25, 0.3) is 0 Å². The number of carbonyl (C=O) groups excluding carboxylic acids is 1. The number of amides is 1. The Morgan fingerprint density at radius 1 is 1.18 bits per heavy atom. The fraction of sp³-hybridized carbons (Fsp3) is 0.235. The van der Waals surface area contributed by atoms with Gasteiger partial charge in [0.1, 0.15) is 0 Å². The van der Waals surface area contributed by atoms with E-state index in [0.29, 0.717) is 22.9 Å². The van der Waals surface area contributed by atoms with E-state index in [-0.39, 0.29) is 18.9 Å². The van der Waals surface area contributed by atoms with Gasteiger partial charge in [-0.05, 0) is 42.8 Å².